The zero-order chi connectivity index (χ0) is 6.27. The average molecular weight is 124 g/mol. The Bertz CT molecular complexity index is 193. The Kier molecular flexibility index (Phi) is 0.843. The minimum absolute atomic E-state index is 0.318. The summed E-state index contributed by atoms with van der Waals surface area (Å²) in [4.78, 5) is 3.98. The smallest absolute Gasteiger partial charge is 0.137 e. The summed E-state index contributed by atoms with van der Waals surface area (Å²) in [5.41, 5.74) is 5.57. The van der Waals surface area contributed by atoms with E-state index in [4.69, 9.17) is 5.73 Å². The van der Waals surface area contributed by atoms with Gasteiger partial charge in [-0.05, 0) is 6.42 Å². The third kappa shape index (κ3) is 0.712. The Morgan fingerprint density at radius 3 is 3.00 bits per heavy atom. The van der Waals surface area contributed by atoms with E-state index in [1.54, 1.807) is 0 Å². The van der Waals surface area contributed by atoms with Crippen LogP contribution in [-0.4, -0.2) is 21.2 Å². The molecule has 1 heterocycles. The van der Waals surface area contributed by atoms with Crippen LogP contribution in [-0.2, 0) is 0 Å². The van der Waals surface area contributed by atoms with Crippen LogP contribution >= 0.6 is 0 Å². The second-order valence-corrected chi connectivity index (χ2v) is 2.38. The first-order valence-corrected chi connectivity index (χ1v) is 2.99. The van der Waals surface area contributed by atoms with Crippen LogP contribution in [0, 0.1) is 0 Å². The first kappa shape index (κ1) is 4.93. The highest BCUT2D eigenvalue weighted by molar-refractivity contribution is 5.10. The topological polar surface area (TPSA) is 67.6 Å². The average Bonchev–Trinajstić information content (AvgIpc) is 2.44. The lowest BCUT2D eigenvalue weighted by Crippen LogP contribution is -2.01. The van der Waals surface area contributed by atoms with Gasteiger partial charge < -0.3 is 5.73 Å². The van der Waals surface area contributed by atoms with Crippen molar-refractivity contribution in [3.8, 4) is 0 Å². The first-order valence-electron chi connectivity index (χ1n) is 2.99. The van der Waals surface area contributed by atoms with Crippen LogP contribution in [0.1, 0.15) is 18.2 Å². The lowest BCUT2D eigenvalue weighted by Gasteiger charge is -1.84. The van der Waals surface area contributed by atoms with Gasteiger partial charge in [0.2, 0.25) is 0 Å². The quantitative estimate of drug-likeness (QED) is 0.536. The fourth-order valence-corrected chi connectivity index (χ4v) is 0.923. The molecule has 0 spiro atoms. The van der Waals surface area contributed by atoms with Crippen molar-refractivity contribution in [2.45, 2.75) is 18.4 Å². The number of hydrogen-bond acceptors (Lipinski definition) is 3. The van der Waals surface area contributed by atoms with Crippen LogP contribution in [0.3, 0.4) is 0 Å². The van der Waals surface area contributed by atoms with Gasteiger partial charge in [0.05, 0.1) is 0 Å². The van der Waals surface area contributed by atoms with E-state index in [9.17, 15) is 0 Å². The minimum atomic E-state index is 0.318. The molecule has 4 nitrogen and oxygen atoms in total. The molecule has 0 saturated heterocycles. The summed E-state index contributed by atoms with van der Waals surface area (Å²) in [6.07, 6.45) is 2.57. The van der Waals surface area contributed by atoms with E-state index in [2.05, 4.69) is 15.2 Å². The standard InChI is InChI=1S/C5H8N4/c6-4-1-3(4)5-7-2-8-9-5/h2-4H,1,6H2,(H,7,8,9). The number of hydrogen-bond donors (Lipinski definition) is 2. The van der Waals surface area contributed by atoms with Gasteiger partial charge in [-0.15, -0.1) is 0 Å². The summed E-state index contributed by atoms with van der Waals surface area (Å²) in [5, 5.41) is 6.51. The van der Waals surface area contributed by atoms with E-state index >= 15 is 0 Å². The van der Waals surface area contributed by atoms with Crippen LogP contribution in [0.15, 0.2) is 6.33 Å². The molecule has 48 valence electrons. The molecule has 1 aromatic heterocycles. The molecule has 9 heavy (non-hydrogen) atoms. The van der Waals surface area contributed by atoms with Crippen LogP contribution in [0.5, 0.6) is 0 Å². The maximum Gasteiger partial charge on any atom is 0.137 e. The van der Waals surface area contributed by atoms with Gasteiger partial charge in [0, 0.05) is 12.0 Å². The van der Waals surface area contributed by atoms with Crippen LogP contribution < -0.4 is 5.73 Å². The number of nitrogens with two attached hydrogens (primary N) is 1. The third-order valence-electron chi connectivity index (χ3n) is 1.62. The zero-order valence-corrected chi connectivity index (χ0v) is 4.91. The van der Waals surface area contributed by atoms with E-state index in [-0.39, 0.29) is 0 Å². The molecular formula is C5H8N4. The van der Waals surface area contributed by atoms with Crippen molar-refractivity contribution in [2.24, 2.45) is 5.73 Å². The molecule has 3 N–H and O–H groups in total. The molecular weight excluding hydrogens is 116 g/mol. The number of aromatic nitrogens is 3. The van der Waals surface area contributed by atoms with Crippen LogP contribution in [0.2, 0.25) is 0 Å². The van der Waals surface area contributed by atoms with Crippen molar-refractivity contribution in [3.63, 3.8) is 0 Å². The van der Waals surface area contributed by atoms with Gasteiger partial charge in [-0.3, -0.25) is 5.10 Å². The van der Waals surface area contributed by atoms with E-state index in [0.717, 1.165) is 12.2 Å². The van der Waals surface area contributed by atoms with Crippen molar-refractivity contribution in [1.82, 2.24) is 15.2 Å². The predicted octanol–water partition coefficient (Wildman–Crippen LogP) is -0.381. The summed E-state index contributed by atoms with van der Waals surface area (Å²) in [7, 11) is 0. The molecule has 0 amide bonds. The first-order chi connectivity index (χ1) is 4.38. The van der Waals surface area contributed by atoms with E-state index < -0.39 is 0 Å². The van der Waals surface area contributed by atoms with E-state index in [1.807, 2.05) is 0 Å². The molecule has 1 saturated carbocycles. The maximum atomic E-state index is 5.57. The monoisotopic (exact) mass is 124 g/mol. The van der Waals surface area contributed by atoms with Crippen molar-refractivity contribution < 1.29 is 0 Å². The van der Waals surface area contributed by atoms with Crippen LogP contribution in [0.4, 0.5) is 0 Å². The number of H-pyrrole nitrogens is 1. The fraction of sp³-hybridized carbons (Fsp3) is 0.600. The number of nitrogens with one attached hydrogen (secondary N) is 1. The Hall–Kier alpha value is -0.900. The number of aromatic amines is 1. The molecule has 0 aliphatic heterocycles. The fourth-order valence-electron chi connectivity index (χ4n) is 0.923. The lowest BCUT2D eigenvalue weighted by atomic mass is 10.4. The SMILES string of the molecule is NC1CC1c1ncn[nH]1. The van der Waals surface area contributed by atoms with Gasteiger partial charge in [0.15, 0.2) is 0 Å². The van der Waals surface area contributed by atoms with Crippen molar-refractivity contribution in [3.05, 3.63) is 12.2 Å². The normalized spacial score (nSPS) is 32.6. The molecule has 1 fully saturated rings. The van der Waals surface area contributed by atoms with Gasteiger partial charge in [0.25, 0.3) is 0 Å². The minimum Gasteiger partial charge on any atom is -0.327 e. The van der Waals surface area contributed by atoms with Gasteiger partial charge >= 0.3 is 0 Å². The predicted molar refractivity (Wildman–Crippen MR) is 31.7 cm³/mol. The summed E-state index contributed by atoms with van der Waals surface area (Å²) < 4.78 is 0. The van der Waals surface area contributed by atoms with Crippen molar-refractivity contribution >= 4 is 0 Å². The molecule has 2 rings (SSSR count). The van der Waals surface area contributed by atoms with Crippen LogP contribution in [0.25, 0.3) is 0 Å². The highest BCUT2D eigenvalue weighted by Crippen LogP contribution is 2.36. The highest BCUT2D eigenvalue weighted by atomic mass is 15.2. The highest BCUT2D eigenvalue weighted by Gasteiger charge is 2.37. The zero-order valence-electron chi connectivity index (χ0n) is 4.91. The second-order valence-electron chi connectivity index (χ2n) is 2.38. The van der Waals surface area contributed by atoms with E-state index in [0.29, 0.717) is 12.0 Å². The maximum absolute atomic E-state index is 5.57. The molecule has 1 aliphatic carbocycles. The Labute approximate surface area is 52.5 Å². The molecule has 1 aliphatic rings. The molecule has 0 bridgehead atoms. The largest absolute Gasteiger partial charge is 0.327 e. The lowest BCUT2D eigenvalue weighted by molar-refractivity contribution is 0.891. The summed E-state index contributed by atoms with van der Waals surface area (Å²) >= 11 is 0. The molecule has 0 radical (unpaired) electrons. The second kappa shape index (κ2) is 1.54. The van der Waals surface area contributed by atoms with Gasteiger partial charge in [-0.25, -0.2) is 4.98 Å². The van der Waals surface area contributed by atoms with E-state index in [1.165, 1.54) is 6.33 Å². The van der Waals surface area contributed by atoms with Crippen molar-refractivity contribution in [2.75, 3.05) is 0 Å². The van der Waals surface area contributed by atoms with Gasteiger partial charge in [-0.2, -0.15) is 5.10 Å². The molecule has 0 aromatic carbocycles. The molecule has 4 heteroatoms. The Morgan fingerprint density at radius 2 is 2.56 bits per heavy atom. The van der Waals surface area contributed by atoms with Crippen molar-refractivity contribution in [1.29, 1.82) is 0 Å². The van der Waals surface area contributed by atoms with Gasteiger partial charge in [0.1, 0.15) is 12.2 Å². The van der Waals surface area contributed by atoms with Gasteiger partial charge in [-0.1, -0.05) is 0 Å². The molecule has 2 unspecified atom stereocenters. The number of rotatable bonds is 1. The summed E-state index contributed by atoms with van der Waals surface area (Å²) in [6, 6.07) is 0.318. The Morgan fingerprint density at radius 1 is 1.78 bits per heavy atom. The summed E-state index contributed by atoms with van der Waals surface area (Å²) in [5.74, 6) is 1.38. The summed E-state index contributed by atoms with van der Waals surface area (Å²) in [6.45, 7) is 0. The molecule has 1 aromatic rings. The molecule has 2 atom stereocenters. The Balaban J connectivity index is 2.18. The third-order valence-corrected chi connectivity index (χ3v) is 1.62. The number of nitrogens with zero attached hydrogens (tertiary/aromatic N) is 2.